The van der Waals surface area contributed by atoms with Gasteiger partial charge in [0.05, 0.1) is 6.21 Å². The zero-order chi connectivity index (χ0) is 21.5. The Kier molecular flexibility index (Phi) is 6.49. The molecular weight excluding hydrogens is 408 g/mol. The Morgan fingerprint density at radius 3 is 2.58 bits per heavy atom. The highest BCUT2D eigenvalue weighted by Gasteiger charge is 2.09. The van der Waals surface area contributed by atoms with Gasteiger partial charge in [0.15, 0.2) is 0 Å². The largest absolute Gasteiger partial charge is 0.457 e. The van der Waals surface area contributed by atoms with Crippen LogP contribution in [0.4, 0.5) is 5.95 Å². The van der Waals surface area contributed by atoms with Crippen LogP contribution in [0.5, 0.6) is 11.5 Å². The Balaban J connectivity index is 1.35. The summed E-state index contributed by atoms with van der Waals surface area (Å²) in [4.78, 5) is 0. The maximum Gasteiger partial charge on any atom is 0.264 e. The van der Waals surface area contributed by atoms with Crippen LogP contribution in [0, 0.1) is 6.92 Å². The summed E-state index contributed by atoms with van der Waals surface area (Å²) in [5.74, 6) is 8.72. The lowest BCUT2D eigenvalue weighted by molar-refractivity contribution is 0.482. The lowest BCUT2D eigenvalue weighted by Crippen LogP contribution is -2.13. The number of nitrogens with one attached hydrogen (secondary N) is 1. The van der Waals surface area contributed by atoms with Crippen molar-refractivity contribution in [3.63, 3.8) is 0 Å². The van der Waals surface area contributed by atoms with Gasteiger partial charge in [-0.2, -0.15) is 5.10 Å². The molecule has 0 radical (unpaired) electrons. The number of aromatic nitrogens is 3. The quantitative estimate of drug-likeness (QED) is 0.180. The number of nitrogen functional groups attached to an aromatic ring is 1. The molecule has 7 nitrogen and oxygen atoms in total. The molecule has 0 atom stereocenters. The van der Waals surface area contributed by atoms with Crippen LogP contribution in [0.25, 0.3) is 0 Å². The minimum absolute atomic E-state index is 0.361. The number of thioether (sulfide) groups is 1. The van der Waals surface area contributed by atoms with Gasteiger partial charge in [0.25, 0.3) is 5.95 Å². The predicted molar refractivity (Wildman–Crippen MR) is 125 cm³/mol. The molecular formula is C23H22N6OS. The number of hydrazone groups is 1. The molecule has 0 saturated heterocycles. The first-order valence-electron chi connectivity index (χ1n) is 9.68. The fourth-order valence-corrected chi connectivity index (χ4v) is 3.54. The monoisotopic (exact) mass is 430 g/mol. The second-order valence-corrected chi connectivity index (χ2v) is 7.75. The van der Waals surface area contributed by atoms with Crippen LogP contribution in [0.15, 0.2) is 89.1 Å². The molecule has 0 bridgehead atoms. The van der Waals surface area contributed by atoms with Crippen molar-refractivity contribution in [2.45, 2.75) is 17.8 Å². The van der Waals surface area contributed by atoms with Crippen LogP contribution >= 0.6 is 11.8 Å². The topological polar surface area (TPSA) is 90.4 Å². The summed E-state index contributed by atoms with van der Waals surface area (Å²) < 4.78 is 7.24. The van der Waals surface area contributed by atoms with Crippen molar-refractivity contribution >= 4 is 23.9 Å². The molecule has 3 N–H and O–H groups in total. The van der Waals surface area contributed by atoms with Crippen molar-refractivity contribution in [3.8, 4) is 11.5 Å². The van der Waals surface area contributed by atoms with Gasteiger partial charge in [-0.05, 0) is 42.3 Å². The van der Waals surface area contributed by atoms with Crippen LogP contribution in [0.2, 0.25) is 0 Å². The van der Waals surface area contributed by atoms with Gasteiger partial charge in [-0.25, -0.2) is 10.1 Å². The van der Waals surface area contributed by atoms with E-state index in [1.54, 1.807) is 6.21 Å². The van der Waals surface area contributed by atoms with E-state index in [9.17, 15) is 0 Å². The van der Waals surface area contributed by atoms with E-state index in [4.69, 9.17) is 10.6 Å². The van der Waals surface area contributed by atoms with Gasteiger partial charge in [0.2, 0.25) is 5.16 Å². The summed E-state index contributed by atoms with van der Waals surface area (Å²) >= 11 is 1.52. The summed E-state index contributed by atoms with van der Waals surface area (Å²) in [6.45, 7) is 2.07. The molecule has 0 aliphatic heterocycles. The van der Waals surface area contributed by atoms with Gasteiger partial charge in [-0.3, -0.25) is 0 Å². The molecule has 0 amide bonds. The maximum atomic E-state index is 6.10. The van der Waals surface area contributed by atoms with Gasteiger partial charge in [0.1, 0.15) is 11.5 Å². The number of nitrogens with zero attached hydrogens (tertiary/aromatic N) is 4. The second kappa shape index (κ2) is 9.82. The van der Waals surface area contributed by atoms with Gasteiger partial charge < -0.3 is 10.6 Å². The average Bonchev–Trinajstić information content (AvgIpc) is 3.14. The lowest BCUT2D eigenvalue weighted by Gasteiger charge is -2.06. The first-order chi connectivity index (χ1) is 15.2. The zero-order valence-electron chi connectivity index (χ0n) is 17.0. The molecule has 0 aliphatic rings. The van der Waals surface area contributed by atoms with Gasteiger partial charge in [0, 0.05) is 5.75 Å². The predicted octanol–water partition coefficient (Wildman–Crippen LogP) is 4.83. The average molecular weight is 431 g/mol. The number of anilines is 1. The van der Waals surface area contributed by atoms with E-state index in [-0.39, 0.29) is 0 Å². The normalized spacial score (nSPS) is 11.0. The van der Waals surface area contributed by atoms with E-state index in [1.807, 2.05) is 54.6 Å². The number of rotatable bonds is 8. The summed E-state index contributed by atoms with van der Waals surface area (Å²) in [6.07, 6.45) is 1.67. The number of nitrogens with two attached hydrogens (primary N) is 1. The molecule has 3 aromatic carbocycles. The highest BCUT2D eigenvalue weighted by Crippen LogP contribution is 2.23. The highest BCUT2D eigenvalue weighted by atomic mass is 32.2. The Labute approximate surface area is 184 Å². The summed E-state index contributed by atoms with van der Waals surface area (Å²) in [5, 5.41) is 13.0. The first-order valence-corrected chi connectivity index (χ1v) is 10.7. The fourth-order valence-electron chi connectivity index (χ4n) is 2.73. The van der Waals surface area contributed by atoms with Crippen molar-refractivity contribution in [2.75, 3.05) is 11.3 Å². The smallest absolute Gasteiger partial charge is 0.264 e. The van der Waals surface area contributed by atoms with Crippen molar-refractivity contribution in [2.24, 2.45) is 5.10 Å². The third-order valence-corrected chi connectivity index (χ3v) is 5.38. The van der Waals surface area contributed by atoms with Crippen molar-refractivity contribution < 1.29 is 4.74 Å². The molecule has 4 rings (SSSR count). The molecule has 0 spiro atoms. The molecule has 1 aromatic heterocycles. The van der Waals surface area contributed by atoms with Crippen LogP contribution in [0.3, 0.4) is 0 Å². The van der Waals surface area contributed by atoms with Crippen molar-refractivity contribution in [1.82, 2.24) is 14.9 Å². The minimum Gasteiger partial charge on any atom is -0.457 e. The van der Waals surface area contributed by atoms with Gasteiger partial charge >= 0.3 is 0 Å². The Morgan fingerprint density at radius 1 is 1.00 bits per heavy atom. The molecule has 1 heterocycles. The molecule has 4 aromatic rings. The summed E-state index contributed by atoms with van der Waals surface area (Å²) in [5.41, 5.74) is 6.14. The fraction of sp³-hybridized carbons (Fsp3) is 0.0870. The second-order valence-electron chi connectivity index (χ2n) is 6.81. The Bertz CT molecular complexity index is 1160. The summed E-state index contributed by atoms with van der Waals surface area (Å²) in [6, 6.07) is 25.6. The van der Waals surface area contributed by atoms with E-state index in [0.29, 0.717) is 11.1 Å². The molecule has 8 heteroatoms. The number of aryl methyl sites for hydroxylation is 1. The van der Waals surface area contributed by atoms with Crippen LogP contribution in [-0.2, 0) is 5.75 Å². The third-order valence-electron chi connectivity index (χ3n) is 4.37. The van der Waals surface area contributed by atoms with Crippen LogP contribution < -0.4 is 16.0 Å². The zero-order valence-corrected chi connectivity index (χ0v) is 17.8. The molecule has 0 unspecified atom stereocenters. The van der Waals surface area contributed by atoms with Crippen LogP contribution in [-0.4, -0.2) is 21.1 Å². The van der Waals surface area contributed by atoms with Crippen molar-refractivity contribution in [3.05, 3.63) is 95.6 Å². The van der Waals surface area contributed by atoms with E-state index in [0.717, 1.165) is 22.8 Å². The molecule has 0 saturated carbocycles. The molecule has 156 valence electrons. The number of para-hydroxylation sites is 1. The SMILES string of the molecule is Cc1ccc(CSc2nnc(N/N=C/c3cccc(Oc4ccccc4)c3)n2N)cc1. The number of benzene rings is 3. The Hall–Kier alpha value is -3.78. The van der Waals surface area contributed by atoms with E-state index >= 15 is 0 Å². The number of ether oxygens (including phenoxy) is 1. The highest BCUT2D eigenvalue weighted by molar-refractivity contribution is 7.98. The first kappa shape index (κ1) is 20.5. The molecule has 0 fully saturated rings. The number of hydrogen-bond donors (Lipinski definition) is 2. The Morgan fingerprint density at radius 2 is 1.77 bits per heavy atom. The number of hydrogen-bond acceptors (Lipinski definition) is 7. The van der Waals surface area contributed by atoms with E-state index in [1.165, 1.54) is 27.6 Å². The minimum atomic E-state index is 0.361. The maximum absolute atomic E-state index is 6.10. The third kappa shape index (κ3) is 5.64. The van der Waals surface area contributed by atoms with E-state index in [2.05, 4.69) is 51.9 Å². The standard InChI is InChI=1S/C23H22N6OS/c1-17-10-12-18(13-11-17)16-31-23-28-27-22(29(23)24)26-25-15-19-6-5-9-21(14-19)30-20-7-3-2-4-8-20/h2-15H,16,24H2,1H3,(H,26,27)/b25-15+. The molecule has 0 aliphatic carbocycles. The van der Waals surface area contributed by atoms with Gasteiger partial charge in [-0.1, -0.05) is 71.9 Å². The van der Waals surface area contributed by atoms with E-state index < -0.39 is 0 Å². The van der Waals surface area contributed by atoms with Gasteiger partial charge in [-0.15, -0.1) is 10.2 Å². The van der Waals surface area contributed by atoms with Crippen molar-refractivity contribution in [1.29, 1.82) is 0 Å². The summed E-state index contributed by atoms with van der Waals surface area (Å²) in [7, 11) is 0. The molecule has 31 heavy (non-hydrogen) atoms. The lowest BCUT2D eigenvalue weighted by atomic mass is 10.2. The van der Waals surface area contributed by atoms with Crippen LogP contribution in [0.1, 0.15) is 16.7 Å².